The molecule has 6 heteroatoms. The minimum atomic E-state index is -0.942. The van der Waals surface area contributed by atoms with Crippen LogP contribution in [-0.2, 0) is 4.79 Å². The summed E-state index contributed by atoms with van der Waals surface area (Å²) in [7, 11) is 0. The highest BCUT2D eigenvalue weighted by Crippen LogP contribution is 2.19. The smallest absolute Gasteiger partial charge is 0.265 e. The maximum absolute atomic E-state index is 13.4. The number of rotatable bonds is 4. The maximum Gasteiger partial charge on any atom is 0.265 e. The van der Waals surface area contributed by atoms with E-state index in [0.29, 0.717) is 17.4 Å². The van der Waals surface area contributed by atoms with Crippen LogP contribution in [-0.4, -0.2) is 12.0 Å². The van der Waals surface area contributed by atoms with E-state index in [0.717, 1.165) is 12.1 Å². The van der Waals surface area contributed by atoms with Crippen molar-refractivity contribution in [2.24, 2.45) is 0 Å². The zero-order valence-corrected chi connectivity index (χ0v) is 11.3. The SMILES string of the molecule is CC(Oc1ccc(F)cc1F)C(=O)Nc1ccc(N)cc1. The molecule has 0 aliphatic rings. The second kappa shape index (κ2) is 6.21. The Hall–Kier alpha value is -2.63. The van der Waals surface area contributed by atoms with Gasteiger partial charge < -0.3 is 15.8 Å². The van der Waals surface area contributed by atoms with Gasteiger partial charge in [0.1, 0.15) is 5.82 Å². The van der Waals surface area contributed by atoms with E-state index in [4.69, 9.17) is 10.5 Å². The number of hydrogen-bond donors (Lipinski definition) is 2. The van der Waals surface area contributed by atoms with Crippen molar-refractivity contribution in [2.45, 2.75) is 13.0 Å². The van der Waals surface area contributed by atoms with Crippen LogP contribution in [0.15, 0.2) is 42.5 Å². The fourth-order valence-electron chi connectivity index (χ4n) is 1.63. The molecule has 1 amide bonds. The minimum Gasteiger partial charge on any atom is -0.478 e. The zero-order valence-electron chi connectivity index (χ0n) is 11.3. The van der Waals surface area contributed by atoms with E-state index < -0.39 is 23.6 Å². The Morgan fingerprint density at radius 2 is 1.86 bits per heavy atom. The third-order valence-corrected chi connectivity index (χ3v) is 2.75. The zero-order chi connectivity index (χ0) is 15.4. The van der Waals surface area contributed by atoms with Gasteiger partial charge in [-0.1, -0.05) is 0 Å². The molecular weight excluding hydrogens is 278 g/mol. The molecule has 3 N–H and O–H groups in total. The molecule has 0 bridgehead atoms. The van der Waals surface area contributed by atoms with Crippen molar-refractivity contribution in [1.82, 2.24) is 0 Å². The van der Waals surface area contributed by atoms with E-state index in [-0.39, 0.29) is 5.75 Å². The monoisotopic (exact) mass is 292 g/mol. The van der Waals surface area contributed by atoms with Gasteiger partial charge >= 0.3 is 0 Å². The summed E-state index contributed by atoms with van der Waals surface area (Å²) >= 11 is 0. The Morgan fingerprint density at radius 3 is 2.48 bits per heavy atom. The molecule has 0 heterocycles. The van der Waals surface area contributed by atoms with Crippen molar-refractivity contribution in [3.63, 3.8) is 0 Å². The first-order valence-corrected chi connectivity index (χ1v) is 6.24. The number of nitrogens with two attached hydrogens (primary N) is 1. The first-order valence-electron chi connectivity index (χ1n) is 6.24. The number of anilines is 2. The molecule has 0 saturated carbocycles. The lowest BCUT2D eigenvalue weighted by Crippen LogP contribution is -2.30. The molecule has 0 aliphatic heterocycles. The summed E-state index contributed by atoms with van der Waals surface area (Å²) in [5, 5.41) is 2.60. The van der Waals surface area contributed by atoms with E-state index in [1.54, 1.807) is 24.3 Å². The number of amides is 1. The van der Waals surface area contributed by atoms with Crippen molar-refractivity contribution in [3.05, 3.63) is 54.1 Å². The molecule has 2 rings (SSSR count). The Labute approximate surface area is 120 Å². The van der Waals surface area contributed by atoms with Crippen LogP contribution in [0.25, 0.3) is 0 Å². The first kappa shape index (κ1) is 14.8. The van der Waals surface area contributed by atoms with E-state index >= 15 is 0 Å². The summed E-state index contributed by atoms with van der Waals surface area (Å²) in [5.41, 5.74) is 6.66. The van der Waals surface area contributed by atoms with Crippen LogP contribution in [0.4, 0.5) is 20.2 Å². The van der Waals surface area contributed by atoms with Gasteiger partial charge in [0.25, 0.3) is 5.91 Å². The number of nitrogens with one attached hydrogen (secondary N) is 1. The fraction of sp³-hybridized carbons (Fsp3) is 0.133. The molecule has 110 valence electrons. The summed E-state index contributed by atoms with van der Waals surface area (Å²) in [4.78, 5) is 11.9. The second-order valence-electron chi connectivity index (χ2n) is 4.45. The average molecular weight is 292 g/mol. The van der Waals surface area contributed by atoms with Crippen LogP contribution >= 0.6 is 0 Å². The lowest BCUT2D eigenvalue weighted by molar-refractivity contribution is -0.122. The predicted molar refractivity (Wildman–Crippen MR) is 75.9 cm³/mol. The van der Waals surface area contributed by atoms with Crippen LogP contribution in [0.5, 0.6) is 5.75 Å². The molecule has 0 radical (unpaired) electrons. The van der Waals surface area contributed by atoms with Crippen LogP contribution in [0.1, 0.15) is 6.92 Å². The van der Waals surface area contributed by atoms with Crippen molar-refractivity contribution in [1.29, 1.82) is 0 Å². The lowest BCUT2D eigenvalue weighted by Gasteiger charge is -2.15. The molecule has 2 aromatic carbocycles. The van der Waals surface area contributed by atoms with Crippen molar-refractivity contribution >= 4 is 17.3 Å². The largest absolute Gasteiger partial charge is 0.478 e. The van der Waals surface area contributed by atoms with Gasteiger partial charge in [-0.2, -0.15) is 0 Å². The molecule has 0 aromatic heterocycles. The molecule has 2 aromatic rings. The van der Waals surface area contributed by atoms with Gasteiger partial charge in [0, 0.05) is 17.4 Å². The van der Waals surface area contributed by atoms with E-state index in [9.17, 15) is 13.6 Å². The average Bonchev–Trinajstić information content (AvgIpc) is 2.44. The van der Waals surface area contributed by atoms with E-state index in [2.05, 4.69) is 5.32 Å². The number of carbonyl (C=O) groups is 1. The molecule has 21 heavy (non-hydrogen) atoms. The number of halogens is 2. The predicted octanol–water partition coefficient (Wildman–Crippen LogP) is 2.95. The van der Waals surface area contributed by atoms with Gasteiger partial charge in [-0.15, -0.1) is 0 Å². The van der Waals surface area contributed by atoms with Crippen LogP contribution in [0, 0.1) is 11.6 Å². The molecule has 0 saturated heterocycles. The maximum atomic E-state index is 13.4. The summed E-state index contributed by atoms with van der Waals surface area (Å²) < 4.78 is 31.4. The minimum absolute atomic E-state index is 0.184. The van der Waals surface area contributed by atoms with Crippen LogP contribution in [0.3, 0.4) is 0 Å². The Kier molecular flexibility index (Phi) is 4.37. The third kappa shape index (κ3) is 3.92. The fourth-order valence-corrected chi connectivity index (χ4v) is 1.63. The molecule has 0 fully saturated rings. The second-order valence-corrected chi connectivity index (χ2v) is 4.45. The van der Waals surface area contributed by atoms with Crippen molar-refractivity contribution in [3.8, 4) is 5.75 Å². The first-order chi connectivity index (χ1) is 9.95. The third-order valence-electron chi connectivity index (χ3n) is 2.75. The van der Waals surface area contributed by atoms with Crippen LogP contribution in [0.2, 0.25) is 0 Å². The van der Waals surface area contributed by atoms with Crippen LogP contribution < -0.4 is 15.8 Å². The Balaban J connectivity index is 2.00. The highest BCUT2D eigenvalue weighted by atomic mass is 19.1. The van der Waals surface area contributed by atoms with Crippen molar-refractivity contribution < 1.29 is 18.3 Å². The molecule has 0 aliphatic carbocycles. The van der Waals surface area contributed by atoms with E-state index in [1.165, 1.54) is 6.92 Å². The summed E-state index contributed by atoms with van der Waals surface area (Å²) in [6.07, 6.45) is -0.942. The Morgan fingerprint density at radius 1 is 1.19 bits per heavy atom. The van der Waals surface area contributed by atoms with E-state index in [1.807, 2.05) is 0 Å². The van der Waals surface area contributed by atoms with Gasteiger partial charge in [-0.25, -0.2) is 8.78 Å². The number of nitrogen functional groups attached to an aromatic ring is 1. The van der Waals surface area contributed by atoms with Gasteiger partial charge in [0.2, 0.25) is 0 Å². The normalized spacial score (nSPS) is 11.8. The molecule has 1 atom stereocenters. The van der Waals surface area contributed by atoms with Gasteiger partial charge in [0.05, 0.1) is 0 Å². The molecular formula is C15H14F2N2O2. The molecule has 1 unspecified atom stereocenters. The highest BCUT2D eigenvalue weighted by Gasteiger charge is 2.17. The molecule has 0 spiro atoms. The van der Waals surface area contributed by atoms with Crippen molar-refractivity contribution in [2.75, 3.05) is 11.1 Å². The quantitative estimate of drug-likeness (QED) is 0.852. The Bertz CT molecular complexity index is 645. The number of benzene rings is 2. The number of ether oxygens (including phenoxy) is 1. The summed E-state index contributed by atoms with van der Waals surface area (Å²) in [6.45, 7) is 1.47. The summed E-state index contributed by atoms with van der Waals surface area (Å²) in [5.74, 6) is -2.21. The summed E-state index contributed by atoms with van der Waals surface area (Å²) in [6, 6.07) is 9.44. The van der Waals surface area contributed by atoms with Gasteiger partial charge in [0.15, 0.2) is 17.7 Å². The highest BCUT2D eigenvalue weighted by molar-refractivity contribution is 5.94. The number of carbonyl (C=O) groups excluding carboxylic acids is 1. The van der Waals surface area contributed by atoms with Gasteiger partial charge in [-0.05, 0) is 43.3 Å². The lowest BCUT2D eigenvalue weighted by atomic mass is 10.2. The molecule has 4 nitrogen and oxygen atoms in total. The number of hydrogen-bond acceptors (Lipinski definition) is 3. The topological polar surface area (TPSA) is 64.3 Å². The van der Waals surface area contributed by atoms with Gasteiger partial charge in [-0.3, -0.25) is 4.79 Å². The standard InChI is InChI=1S/C15H14F2N2O2/c1-9(21-14-7-2-10(16)8-13(14)17)15(20)19-12-5-3-11(18)4-6-12/h2-9H,18H2,1H3,(H,19,20).